The summed E-state index contributed by atoms with van der Waals surface area (Å²) in [7, 11) is -3.12. The topological polar surface area (TPSA) is 40.6 Å². The minimum absolute atomic E-state index is 0.167. The number of benzene rings is 1. The van der Waals surface area contributed by atoms with E-state index in [9.17, 15) is 8.42 Å². The lowest BCUT2D eigenvalue weighted by molar-refractivity contribution is 0.593. The van der Waals surface area contributed by atoms with Crippen molar-refractivity contribution in [3.05, 3.63) is 23.8 Å². The van der Waals surface area contributed by atoms with E-state index in [2.05, 4.69) is 17.0 Å². The summed E-state index contributed by atoms with van der Waals surface area (Å²) in [5.41, 5.74) is 3.29. The number of hydrogen-bond donors (Lipinski definition) is 0. The molecule has 0 aromatic heterocycles. The second-order valence-corrected chi connectivity index (χ2v) is 7.41. The quantitative estimate of drug-likeness (QED) is 0.850. The Hall–Kier alpha value is -1.23. The molecule has 1 fully saturated rings. The summed E-state index contributed by atoms with van der Waals surface area (Å²) in [4.78, 5) is 2.39. The highest BCUT2D eigenvalue weighted by molar-refractivity contribution is 7.92. The number of rotatable bonds is 3. The molecule has 0 aliphatic carbocycles. The molecule has 104 valence electrons. The highest BCUT2D eigenvalue weighted by atomic mass is 32.2. The Morgan fingerprint density at radius 2 is 1.89 bits per heavy atom. The Balaban J connectivity index is 1.92. The standard InChI is InChI=1S/C14H20N2O2S/c1-2-19(17,18)16-10-7-12-11-13(5-6-14(12)16)15-8-3-4-9-15/h5-6,11H,2-4,7-10H2,1H3. The molecule has 2 aliphatic rings. The SMILES string of the molecule is CCS(=O)(=O)N1CCc2cc(N3CCCC3)ccc21. The van der Waals surface area contributed by atoms with Gasteiger partial charge in [-0.05, 0) is 49.9 Å². The van der Waals surface area contributed by atoms with Crippen LogP contribution in [0.25, 0.3) is 0 Å². The number of sulfonamides is 1. The second kappa shape index (κ2) is 4.71. The summed E-state index contributed by atoms with van der Waals surface area (Å²) in [6.07, 6.45) is 3.34. The molecule has 0 N–H and O–H groups in total. The van der Waals surface area contributed by atoms with E-state index in [1.807, 2.05) is 6.07 Å². The first-order valence-corrected chi connectivity index (χ1v) is 8.61. The van der Waals surface area contributed by atoms with Crippen LogP contribution in [0.15, 0.2) is 18.2 Å². The molecule has 2 heterocycles. The number of fused-ring (bicyclic) bond motifs is 1. The third-order valence-corrected chi connectivity index (χ3v) is 5.87. The maximum Gasteiger partial charge on any atom is 0.234 e. The Labute approximate surface area is 115 Å². The first-order chi connectivity index (χ1) is 9.12. The largest absolute Gasteiger partial charge is 0.372 e. The van der Waals surface area contributed by atoms with E-state index >= 15 is 0 Å². The Bertz CT molecular complexity index is 577. The number of anilines is 2. The van der Waals surface area contributed by atoms with Gasteiger partial charge in [0.1, 0.15) is 0 Å². The van der Waals surface area contributed by atoms with Gasteiger partial charge in [-0.2, -0.15) is 0 Å². The maximum atomic E-state index is 12.0. The minimum atomic E-state index is -3.12. The van der Waals surface area contributed by atoms with Crippen molar-refractivity contribution >= 4 is 21.4 Å². The lowest BCUT2D eigenvalue weighted by atomic mass is 10.1. The monoisotopic (exact) mass is 280 g/mol. The number of hydrogen-bond acceptors (Lipinski definition) is 3. The smallest absolute Gasteiger partial charge is 0.234 e. The molecule has 19 heavy (non-hydrogen) atoms. The molecule has 1 aromatic carbocycles. The lowest BCUT2D eigenvalue weighted by Crippen LogP contribution is -2.30. The predicted molar refractivity (Wildman–Crippen MR) is 78.4 cm³/mol. The van der Waals surface area contributed by atoms with Gasteiger partial charge in [0.25, 0.3) is 0 Å². The van der Waals surface area contributed by atoms with Crippen molar-refractivity contribution < 1.29 is 8.42 Å². The molecule has 4 nitrogen and oxygen atoms in total. The van der Waals surface area contributed by atoms with Crippen LogP contribution in [-0.4, -0.2) is 33.8 Å². The summed E-state index contributed by atoms with van der Waals surface area (Å²) in [6.45, 7) is 4.53. The van der Waals surface area contributed by atoms with Crippen molar-refractivity contribution in [1.29, 1.82) is 0 Å². The van der Waals surface area contributed by atoms with Crippen molar-refractivity contribution in [2.45, 2.75) is 26.2 Å². The molecular formula is C14H20N2O2S. The Morgan fingerprint density at radius 3 is 2.58 bits per heavy atom. The van der Waals surface area contributed by atoms with Gasteiger partial charge in [0.2, 0.25) is 10.0 Å². The van der Waals surface area contributed by atoms with Crippen molar-refractivity contribution in [2.75, 3.05) is 34.6 Å². The Kier molecular flexibility index (Phi) is 3.17. The highest BCUT2D eigenvalue weighted by Crippen LogP contribution is 2.34. The molecule has 0 radical (unpaired) electrons. The number of nitrogens with zero attached hydrogens (tertiary/aromatic N) is 2. The summed E-state index contributed by atoms with van der Waals surface area (Å²) in [6, 6.07) is 6.21. The lowest BCUT2D eigenvalue weighted by Gasteiger charge is -2.21. The first-order valence-electron chi connectivity index (χ1n) is 7.00. The maximum absolute atomic E-state index is 12.0. The van der Waals surface area contributed by atoms with Crippen LogP contribution in [0, 0.1) is 0 Å². The van der Waals surface area contributed by atoms with Gasteiger partial charge in [0.05, 0.1) is 11.4 Å². The molecule has 2 aliphatic heterocycles. The van der Waals surface area contributed by atoms with Crippen molar-refractivity contribution in [3.8, 4) is 0 Å². The van der Waals surface area contributed by atoms with Crippen LogP contribution in [0.5, 0.6) is 0 Å². The van der Waals surface area contributed by atoms with Gasteiger partial charge in [-0.25, -0.2) is 8.42 Å². The fourth-order valence-electron chi connectivity index (χ4n) is 2.97. The zero-order valence-corrected chi connectivity index (χ0v) is 12.1. The molecule has 1 saturated heterocycles. The van der Waals surface area contributed by atoms with Crippen molar-refractivity contribution in [1.82, 2.24) is 0 Å². The van der Waals surface area contributed by atoms with Crippen LogP contribution in [0.1, 0.15) is 25.3 Å². The van der Waals surface area contributed by atoms with Gasteiger partial charge < -0.3 is 4.90 Å². The van der Waals surface area contributed by atoms with E-state index in [4.69, 9.17) is 0 Å². The molecule has 0 bridgehead atoms. The zero-order chi connectivity index (χ0) is 13.5. The van der Waals surface area contributed by atoms with Gasteiger partial charge in [-0.3, -0.25) is 4.31 Å². The highest BCUT2D eigenvalue weighted by Gasteiger charge is 2.28. The van der Waals surface area contributed by atoms with Gasteiger partial charge >= 0.3 is 0 Å². The molecule has 0 saturated carbocycles. The van der Waals surface area contributed by atoms with Gasteiger partial charge in [-0.1, -0.05) is 0 Å². The molecule has 3 rings (SSSR count). The first kappa shape index (κ1) is 12.8. The molecule has 5 heteroatoms. The van der Waals surface area contributed by atoms with Crippen LogP contribution in [0.2, 0.25) is 0 Å². The molecule has 1 aromatic rings. The average molecular weight is 280 g/mol. The van der Waals surface area contributed by atoms with Crippen LogP contribution < -0.4 is 9.21 Å². The van der Waals surface area contributed by atoms with Gasteiger partial charge in [0.15, 0.2) is 0 Å². The predicted octanol–water partition coefficient (Wildman–Crippen LogP) is 2.00. The van der Waals surface area contributed by atoms with Crippen LogP contribution >= 0.6 is 0 Å². The normalized spacial score (nSPS) is 19.0. The van der Waals surface area contributed by atoms with E-state index in [1.165, 1.54) is 24.1 Å². The molecule has 0 atom stereocenters. The Morgan fingerprint density at radius 1 is 1.16 bits per heavy atom. The molecule has 0 spiro atoms. The van der Waals surface area contributed by atoms with E-state index in [-0.39, 0.29) is 5.75 Å². The minimum Gasteiger partial charge on any atom is -0.372 e. The molecule has 0 amide bonds. The van der Waals surface area contributed by atoms with Crippen LogP contribution in [0.4, 0.5) is 11.4 Å². The summed E-state index contributed by atoms with van der Waals surface area (Å²) < 4.78 is 25.6. The van der Waals surface area contributed by atoms with Crippen molar-refractivity contribution in [2.24, 2.45) is 0 Å². The molecule has 0 unspecified atom stereocenters. The van der Waals surface area contributed by atoms with E-state index < -0.39 is 10.0 Å². The zero-order valence-electron chi connectivity index (χ0n) is 11.3. The van der Waals surface area contributed by atoms with Gasteiger partial charge in [-0.15, -0.1) is 0 Å². The summed E-state index contributed by atoms with van der Waals surface area (Å²) in [5.74, 6) is 0.167. The summed E-state index contributed by atoms with van der Waals surface area (Å²) in [5, 5.41) is 0. The fraction of sp³-hybridized carbons (Fsp3) is 0.571. The van der Waals surface area contributed by atoms with E-state index in [0.717, 1.165) is 25.2 Å². The average Bonchev–Trinajstić information content (AvgIpc) is 3.07. The van der Waals surface area contributed by atoms with Crippen molar-refractivity contribution in [3.63, 3.8) is 0 Å². The van der Waals surface area contributed by atoms with E-state index in [0.29, 0.717) is 6.54 Å². The molecular weight excluding hydrogens is 260 g/mol. The summed E-state index contributed by atoms with van der Waals surface area (Å²) >= 11 is 0. The third-order valence-electron chi connectivity index (χ3n) is 4.09. The fourth-order valence-corrected chi connectivity index (χ4v) is 4.13. The van der Waals surface area contributed by atoms with E-state index in [1.54, 1.807) is 11.2 Å². The van der Waals surface area contributed by atoms with Crippen LogP contribution in [-0.2, 0) is 16.4 Å². The van der Waals surface area contributed by atoms with Crippen LogP contribution in [0.3, 0.4) is 0 Å². The van der Waals surface area contributed by atoms with Gasteiger partial charge in [0, 0.05) is 25.3 Å². The second-order valence-electron chi connectivity index (χ2n) is 5.23. The third kappa shape index (κ3) is 2.20.